The number of fused-ring (bicyclic) bond motifs is 6. The minimum Gasteiger partial charge on any atom is -0.489 e. The average Bonchev–Trinajstić information content (AvgIpc) is 3.03. The second-order valence-corrected chi connectivity index (χ2v) is 7.78. The van der Waals surface area contributed by atoms with Gasteiger partial charge in [-0.05, 0) is 56.1 Å². The predicted octanol–water partition coefficient (Wildman–Crippen LogP) is 3.78. The van der Waals surface area contributed by atoms with Gasteiger partial charge in [0, 0.05) is 42.0 Å². The summed E-state index contributed by atoms with van der Waals surface area (Å²) in [7, 11) is 0. The Morgan fingerprint density at radius 1 is 1.04 bits per heavy atom. The number of hydrogen-bond donors (Lipinski definition) is 1. The van der Waals surface area contributed by atoms with Crippen LogP contribution in [0.15, 0.2) is 54.1 Å². The van der Waals surface area contributed by atoms with E-state index < -0.39 is 0 Å². The second-order valence-electron chi connectivity index (χ2n) is 7.78. The molecule has 0 amide bonds. The van der Waals surface area contributed by atoms with Gasteiger partial charge in [-0.15, -0.1) is 0 Å². The SMILES string of the molecule is NCCn1c2ccccc2c2ccc(OCC=C3CN4CCC3CC4)cc21. The van der Waals surface area contributed by atoms with Gasteiger partial charge in [0.25, 0.3) is 0 Å². The summed E-state index contributed by atoms with van der Waals surface area (Å²) in [6, 6.07) is 15.0. The number of rotatable bonds is 5. The van der Waals surface area contributed by atoms with Crippen molar-refractivity contribution in [3.63, 3.8) is 0 Å². The largest absolute Gasteiger partial charge is 0.489 e. The molecule has 2 aromatic carbocycles. The maximum Gasteiger partial charge on any atom is 0.121 e. The van der Waals surface area contributed by atoms with Crippen LogP contribution in [-0.4, -0.2) is 42.3 Å². The summed E-state index contributed by atoms with van der Waals surface area (Å²) in [5, 5.41) is 2.55. The van der Waals surface area contributed by atoms with Gasteiger partial charge in [0.15, 0.2) is 0 Å². The maximum atomic E-state index is 6.11. The van der Waals surface area contributed by atoms with E-state index >= 15 is 0 Å². The zero-order valence-corrected chi connectivity index (χ0v) is 15.7. The zero-order chi connectivity index (χ0) is 18.2. The van der Waals surface area contributed by atoms with Crippen LogP contribution in [0.5, 0.6) is 5.75 Å². The van der Waals surface area contributed by atoms with E-state index in [9.17, 15) is 0 Å². The van der Waals surface area contributed by atoms with Crippen molar-refractivity contribution in [2.75, 3.05) is 32.8 Å². The second kappa shape index (κ2) is 7.02. The van der Waals surface area contributed by atoms with Gasteiger partial charge in [0.1, 0.15) is 12.4 Å². The summed E-state index contributed by atoms with van der Waals surface area (Å²) in [6.07, 6.45) is 4.95. The van der Waals surface area contributed by atoms with Gasteiger partial charge in [-0.2, -0.15) is 0 Å². The molecule has 3 aliphatic rings. The van der Waals surface area contributed by atoms with Crippen LogP contribution in [0.2, 0.25) is 0 Å². The third-order valence-corrected chi connectivity index (χ3v) is 6.21. The molecule has 3 fully saturated rings. The molecule has 3 saturated heterocycles. The summed E-state index contributed by atoms with van der Waals surface area (Å²) < 4.78 is 8.42. The lowest BCUT2D eigenvalue weighted by molar-refractivity contribution is 0.160. The Kier molecular flexibility index (Phi) is 4.38. The highest BCUT2D eigenvalue weighted by atomic mass is 16.5. The standard InChI is InChI=1S/C23H27N3O/c24-10-13-26-22-4-2-1-3-20(22)21-6-5-19(15-23(21)26)27-14-9-18-16-25-11-7-17(18)8-12-25/h1-6,9,15,17H,7-8,10-14,16,24H2. The Balaban J connectivity index is 1.41. The van der Waals surface area contributed by atoms with Gasteiger partial charge >= 0.3 is 0 Å². The van der Waals surface area contributed by atoms with E-state index in [-0.39, 0.29) is 0 Å². The fraction of sp³-hybridized carbons (Fsp3) is 0.391. The van der Waals surface area contributed by atoms with Crippen LogP contribution in [0.25, 0.3) is 21.8 Å². The first kappa shape index (κ1) is 16.8. The van der Waals surface area contributed by atoms with Gasteiger partial charge in [-0.25, -0.2) is 0 Å². The summed E-state index contributed by atoms with van der Waals surface area (Å²) in [6.45, 7) is 5.77. The van der Waals surface area contributed by atoms with Crippen LogP contribution in [0.4, 0.5) is 0 Å². The molecule has 0 spiro atoms. The summed E-state index contributed by atoms with van der Waals surface area (Å²) >= 11 is 0. The van der Waals surface area contributed by atoms with Crippen LogP contribution in [0, 0.1) is 5.92 Å². The van der Waals surface area contributed by atoms with Gasteiger partial charge in [0.2, 0.25) is 0 Å². The van der Waals surface area contributed by atoms with Crippen molar-refractivity contribution in [2.24, 2.45) is 11.7 Å². The first-order valence-electron chi connectivity index (χ1n) is 10.1. The lowest BCUT2D eigenvalue weighted by Crippen LogP contribution is -2.43. The molecule has 0 radical (unpaired) electrons. The molecule has 4 heterocycles. The molecular weight excluding hydrogens is 334 g/mol. The highest BCUT2D eigenvalue weighted by molar-refractivity contribution is 6.08. The number of nitrogens with two attached hydrogens (primary N) is 1. The first-order chi connectivity index (χ1) is 13.3. The molecular formula is C23H27N3O. The van der Waals surface area contributed by atoms with Gasteiger partial charge < -0.3 is 15.0 Å². The van der Waals surface area contributed by atoms with Crippen molar-refractivity contribution < 1.29 is 4.74 Å². The van der Waals surface area contributed by atoms with E-state index in [2.05, 4.69) is 58.0 Å². The first-order valence-corrected chi connectivity index (χ1v) is 10.1. The van der Waals surface area contributed by atoms with Crippen LogP contribution < -0.4 is 10.5 Å². The Morgan fingerprint density at radius 2 is 1.85 bits per heavy atom. The van der Waals surface area contributed by atoms with Crippen molar-refractivity contribution in [1.29, 1.82) is 0 Å². The number of ether oxygens (including phenoxy) is 1. The summed E-state index contributed by atoms with van der Waals surface area (Å²) in [5.74, 6) is 1.72. The Labute approximate surface area is 160 Å². The molecule has 4 heteroatoms. The van der Waals surface area contributed by atoms with Crippen LogP contribution in [0.1, 0.15) is 12.8 Å². The molecule has 0 aliphatic carbocycles. The third kappa shape index (κ3) is 3.03. The zero-order valence-electron chi connectivity index (χ0n) is 15.7. The molecule has 0 unspecified atom stereocenters. The quantitative estimate of drug-likeness (QED) is 0.703. The molecule has 1 aromatic heterocycles. The molecule has 2 N–H and O–H groups in total. The van der Waals surface area contributed by atoms with Gasteiger partial charge in [0.05, 0.1) is 5.52 Å². The normalized spacial score (nSPS) is 23.5. The highest BCUT2D eigenvalue weighted by Crippen LogP contribution is 2.33. The van der Waals surface area contributed by atoms with Crippen LogP contribution in [-0.2, 0) is 6.54 Å². The van der Waals surface area contributed by atoms with Crippen molar-refractivity contribution in [2.45, 2.75) is 19.4 Å². The Hall–Kier alpha value is -2.30. The van der Waals surface area contributed by atoms with Crippen LogP contribution >= 0.6 is 0 Å². The smallest absolute Gasteiger partial charge is 0.121 e. The number of hydrogen-bond acceptors (Lipinski definition) is 3. The number of nitrogens with zero attached hydrogens (tertiary/aromatic N) is 2. The molecule has 6 rings (SSSR count). The topological polar surface area (TPSA) is 43.4 Å². The van der Waals surface area contributed by atoms with E-state index in [1.54, 1.807) is 5.57 Å². The molecule has 27 heavy (non-hydrogen) atoms. The van der Waals surface area contributed by atoms with E-state index in [1.165, 1.54) is 47.7 Å². The van der Waals surface area contributed by atoms with E-state index in [0.717, 1.165) is 24.8 Å². The fourth-order valence-electron chi connectivity index (χ4n) is 4.81. The van der Waals surface area contributed by atoms with Crippen molar-refractivity contribution in [3.05, 3.63) is 54.1 Å². The average molecular weight is 361 g/mol. The highest BCUT2D eigenvalue weighted by Gasteiger charge is 2.28. The lowest BCUT2D eigenvalue weighted by Gasteiger charge is -2.41. The molecule has 2 bridgehead atoms. The van der Waals surface area contributed by atoms with Gasteiger partial charge in [-0.3, -0.25) is 4.90 Å². The minimum atomic E-state index is 0.628. The molecule has 3 aromatic rings. The van der Waals surface area contributed by atoms with Crippen molar-refractivity contribution >= 4 is 21.8 Å². The Bertz CT molecular complexity index is 995. The summed E-state index contributed by atoms with van der Waals surface area (Å²) in [4.78, 5) is 2.56. The number of para-hydroxylation sites is 1. The molecule has 3 aliphatic heterocycles. The number of aromatic nitrogens is 1. The summed E-state index contributed by atoms with van der Waals surface area (Å²) in [5.41, 5.74) is 9.89. The molecule has 4 nitrogen and oxygen atoms in total. The number of piperidine rings is 3. The van der Waals surface area contributed by atoms with Crippen LogP contribution in [0.3, 0.4) is 0 Å². The third-order valence-electron chi connectivity index (χ3n) is 6.21. The molecule has 0 atom stereocenters. The molecule has 140 valence electrons. The predicted molar refractivity (Wildman–Crippen MR) is 111 cm³/mol. The number of benzene rings is 2. The Morgan fingerprint density at radius 3 is 2.63 bits per heavy atom. The fourth-order valence-corrected chi connectivity index (χ4v) is 4.81. The van der Waals surface area contributed by atoms with Gasteiger partial charge in [-0.1, -0.05) is 23.8 Å². The van der Waals surface area contributed by atoms with E-state index in [0.29, 0.717) is 13.2 Å². The lowest BCUT2D eigenvalue weighted by atomic mass is 9.84. The van der Waals surface area contributed by atoms with E-state index in [4.69, 9.17) is 10.5 Å². The maximum absolute atomic E-state index is 6.11. The van der Waals surface area contributed by atoms with Crippen molar-refractivity contribution in [3.8, 4) is 5.75 Å². The molecule has 0 saturated carbocycles. The van der Waals surface area contributed by atoms with E-state index in [1.807, 2.05) is 0 Å². The van der Waals surface area contributed by atoms with Crippen molar-refractivity contribution in [1.82, 2.24) is 9.47 Å². The minimum absolute atomic E-state index is 0.628. The monoisotopic (exact) mass is 361 g/mol.